The van der Waals surface area contributed by atoms with Crippen molar-refractivity contribution in [2.75, 3.05) is 89.4 Å². The van der Waals surface area contributed by atoms with E-state index in [2.05, 4.69) is 19.9 Å². The lowest BCUT2D eigenvalue weighted by Crippen LogP contribution is -2.51. The van der Waals surface area contributed by atoms with Crippen molar-refractivity contribution in [1.82, 2.24) is 33.7 Å². The normalized spacial score (nSPS) is 17.5. The quantitative estimate of drug-likeness (QED) is 0.387. The van der Waals surface area contributed by atoms with Crippen LogP contribution in [0.5, 0.6) is 5.75 Å². The van der Waals surface area contributed by atoms with E-state index >= 15 is 0 Å². The van der Waals surface area contributed by atoms with E-state index in [4.69, 9.17) is 9.47 Å². The fourth-order valence-corrected chi connectivity index (χ4v) is 6.21. The number of imidazole rings is 1. The van der Waals surface area contributed by atoms with Crippen molar-refractivity contribution >= 4 is 33.0 Å². The summed E-state index contributed by atoms with van der Waals surface area (Å²) in [5, 5.41) is 0. The Morgan fingerprint density at radius 3 is 2.15 bits per heavy atom. The molecule has 0 spiro atoms. The van der Waals surface area contributed by atoms with Crippen LogP contribution in [0.2, 0.25) is 0 Å². The third kappa shape index (κ3) is 5.59. The Morgan fingerprint density at radius 2 is 1.56 bits per heavy atom. The second-order valence-electron chi connectivity index (χ2n) is 9.48. The van der Waals surface area contributed by atoms with Gasteiger partial charge in [-0.2, -0.15) is 19.3 Å². The number of anilines is 2. The Labute approximate surface area is 225 Å². The first-order valence-electron chi connectivity index (χ1n) is 12.5. The van der Waals surface area contributed by atoms with Gasteiger partial charge in [-0.15, -0.1) is 0 Å². The monoisotopic (exact) mass is 567 g/mol. The van der Waals surface area contributed by atoms with Crippen molar-refractivity contribution in [2.24, 2.45) is 0 Å². The maximum absolute atomic E-state index is 14.2. The summed E-state index contributed by atoms with van der Waals surface area (Å²) in [5.74, 6) is 0.347. The van der Waals surface area contributed by atoms with Gasteiger partial charge in [-0.05, 0) is 26.2 Å². The number of alkyl halides is 2. The van der Waals surface area contributed by atoms with E-state index < -0.39 is 22.3 Å². The first-order chi connectivity index (χ1) is 18.7. The van der Waals surface area contributed by atoms with Crippen LogP contribution in [0, 0.1) is 0 Å². The van der Waals surface area contributed by atoms with Crippen LogP contribution < -0.4 is 14.5 Å². The number of fused-ring (bicyclic) bond motifs is 1. The first-order valence-corrected chi connectivity index (χ1v) is 14.1. The maximum Gasteiger partial charge on any atom is 0.296 e. The molecule has 0 amide bonds. The largest absolute Gasteiger partial charge is 0.494 e. The van der Waals surface area contributed by atoms with Crippen LogP contribution in [0.4, 0.5) is 20.7 Å². The molecule has 13 nitrogen and oxygen atoms in total. The summed E-state index contributed by atoms with van der Waals surface area (Å²) < 4.78 is 67.4. The van der Waals surface area contributed by atoms with Gasteiger partial charge in [-0.25, -0.2) is 22.2 Å². The molecule has 16 heteroatoms. The minimum Gasteiger partial charge on any atom is -0.494 e. The Bertz CT molecular complexity index is 1420. The Morgan fingerprint density at radius 1 is 0.949 bits per heavy atom. The fraction of sp³-hybridized carbons (Fsp3) is 0.565. The average Bonchev–Trinajstić information content (AvgIpc) is 3.33. The summed E-state index contributed by atoms with van der Waals surface area (Å²) in [6.07, 6.45) is -2.90. The predicted octanol–water partition coefficient (Wildman–Crippen LogP) is 0.964. The standard InChI is InChI=1S/C23H31F2N9O4S/c1-30(2)15-39(35,36)33-9-7-31(8-10-33)21-27-22(32-11-13-38-14-12-32)29-23(28-21)34-16-5-4-6-17(37-3)18(16)26-20(34)19(24)25/h4-6,19H,7-15H2,1-3H3. The molecule has 39 heavy (non-hydrogen) atoms. The second-order valence-corrected chi connectivity index (χ2v) is 11.4. The van der Waals surface area contributed by atoms with Crippen molar-refractivity contribution < 1.29 is 26.7 Å². The van der Waals surface area contributed by atoms with Crippen molar-refractivity contribution in [3.8, 4) is 11.7 Å². The number of benzene rings is 1. The molecule has 0 unspecified atom stereocenters. The van der Waals surface area contributed by atoms with E-state index in [1.165, 1.54) is 16.0 Å². The zero-order valence-electron chi connectivity index (χ0n) is 22.0. The van der Waals surface area contributed by atoms with Gasteiger partial charge in [-0.3, -0.25) is 9.47 Å². The van der Waals surface area contributed by atoms with Gasteiger partial charge in [0, 0.05) is 39.3 Å². The minimum atomic E-state index is -3.45. The number of sulfonamides is 1. The summed E-state index contributed by atoms with van der Waals surface area (Å²) in [6, 6.07) is 4.99. The van der Waals surface area contributed by atoms with Gasteiger partial charge >= 0.3 is 0 Å². The number of hydrogen-bond acceptors (Lipinski definition) is 11. The van der Waals surface area contributed by atoms with Crippen LogP contribution in [0.15, 0.2) is 18.2 Å². The van der Waals surface area contributed by atoms with Gasteiger partial charge in [0.2, 0.25) is 27.9 Å². The molecule has 0 aliphatic carbocycles. The molecule has 0 saturated carbocycles. The summed E-state index contributed by atoms with van der Waals surface area (Å²) >= 11 is 0. The van der Waals surface area contributed by atoms with Gasteiger partial charge in [0.25, 0.3) is 6.43 Å². The molecule has 4 heterocycles. The number of aromatic nitrogens is 5. The van der Waals surface area contributed by atoms with Gasteiger partial charge in [-0.1, -0.05) is 6.07 Å². The smallest absolute Gasteiger partial charge is 0.296 e. The number of hydrogen-bond donors (Lipinski definition) is 0. The van der Waals surface area contributed by atoms with E-state index in [0.29, 0.717) is 56.6 Å². The third-order valence-corrected chi connectivity index (χ3v) is 8.51. The number of piperazine rings is 1. The van der Waals surface area contributed by atoms with Crippen LogP contribution in [-0.4, -0.2) is 122 Å². The minimum absolute atomic E-state index is 0.00444. The van der Waals surface area contributed by atoms with E-state index in [0.717, 1.165) is 0 Å². The molecule has 0 N–H and O–H groups in total. The van der Waals surface area contributed by atoms with Crippen LogP contribution in [-0.2, 0) is 14.8 Å². The van der Waals surface area contributed by atoms with Crippen molar-refractivity contribution in [3.05, 3.63) is 24.0 Å². The zero-order valence-corrected chi connectivity index (χ0v) is 22.8. The van der Waals surface area contributed by atoms with E-state index in [9.17, 15) is 17.2 Å². The molecule has 0 bridgehead atoms. The average molecular weight is 568 g/mol. The Kier molecular flexibility index (Phi) is 7.80. The molecule has 2 aromatic heterocycles. The van der Waals surface area contributed by atoms with Crippen LogP contribution in [0.25, 0.3) is 17.0 Å². The number of ether oxygens (including phenoxy) is 2. The molecule has 2 fully saturated rings. The van der Waals surface area contributed by atoms with E-state index in [-0.39, 0.29) is 36.4 Å². The highest BCUT2D eigenvalue weighted by atomic mass is 32.2. The molecule has 0 radical (unpaired) electrons. The Balaban J connectivity index is 1.56. The predicted molar refractivity (Wildman–Crippen MR) is 140 cm³/mol. The highest BCUT2D eigenvalue weighted by Gasteiger charge is 2.30. The maximum atomic E-state index is 14.2. The summed E-state index contributed by atoms with van der Waals surface area (Å²) in [4.78, 5) is 23.4. The van der Waals surface area contributed by atoms with E-state index in [1.807, 2.05) is 9.80 Å². The van der Waals surface area contributed by atoms with Gasteiger partial charge in [0.05, 0.1) is 25.8 Å². The van der Waals surface area contributed by atoms with Crippen LogP contribution >= 0.6 is 0 Å². The van der Waals surface area contributed by atoms with Crippen LogP contribution in [0.3, 0.4) is 0 Å². The summed E-state index contributed by atoms with van der Waals surface area (Å²) in [6.45, 7) is 3.17. The number of halogens is 2. The lowest BCUT2D eigenvalue weighted by molar-refractivity contribution is 0.122. The lowest BCUT2D eigenvalue weighted by atomic mass is 10.3. The Hall–Kier alpha value is -3.21. The second kappa shape index (κ2) is 11.1. The van der Waals surface area contributed by atoms with Gasteiger partial charge in [0.15, 0.2) is 5.82 Å². The van der Waals surface area contributed by atoms with Gasteiger partial charge in [0.1, 0.15) is 17.1 Å². The molecule has 3 aromatic rings. The molecular formula is C23H31F2N9O4S. The van der Waals surface area contributed by atoms with Crippen molar-refractivity contribution in [3.63, 3.8) is 0 Å². The molecule has 2 aliphatic rings. The lowest BCUT2D eigenvalue weighted by Gasteiger charge is -2.35. The fourth-order valence-electron chi connectivity index (χ4n) is 4.68. The molecule has 212 valence electrons. The molecule has 2 aliphatic heterocycles. The number of nitrogens with zero attached hydrogens (tertiary/aromatic N) is 9. The molecule has 5 rings (SSSR count). The topological polar surface area (TPSA) is 122 Å². The number of morpholine rings is 1. The number of rotatable bonds is 8. The third-order valence-electron chi connectivity index (χ3n) is 6.52. The highest BCUT2D eigenvalue weighted by Crippen LogP contribution is 2.32. The molecule has 2 saturated heterocycles. The number of para-hydroxylation sites is 1. The van der Waals surface area contributed by atoms with Crippen molar-refractivity contribution in [2.45, 2.75) is 6.43 Å². The molecule has 1 aromatic carbocycles. The summed E-state index contributed by atoms with van der Waals surface area (Å²) in [7, 11) is 1.41. The zero-order chi connectivity index (χ0) is 27.7. The SMILES string of the molecule is COc1cccc2c1nc(C(F)F)n2-c1nc(N2CCOCC2)nc(N2CCN(S(=O)(=O)CN(C)C)CC2)n1. The summed E-state index contributed by atoms with van der Waals surface area (Å²) in [5.41, 5.74) is 0.638. The van der Waals surface area contributed by atoms with Gasteiger partial charge < -0.3 is 19.3 Å². The van der Waals surface area contributed by atoms with Crippen LogP contribution in [0.1, 0.15) is 12.2 Å². The number of methoxy groups -OCH3 is 1. The first kappa shape index (κ1) is 27.4. The molecular weight excluding hydrogens is 536 g/mol. The van der Waals surface area contributed by atoms with Crippen molar-refractivity contribution in [1.29, 1.82) is 0 Å². The van der Waals surface area contributed by atoms with E-state index in [1.54, 1.807) is 37.2 Å². The highest BCUT2D eigenvalue weighted by molar-refractivity contribution is 7.89. The molecule has 0 atom stereocenters.